The molecule has 1 aliphatic rings. The summed E-state index contributed by atoms with van der Waals surface area (Å²) in [4.78, 5) is 14.1. The van der Waals surface area contributed by atoms with Crippen molar-refractivity contribution in [3.63, 3.8) is 0 Å². The van der Waals surface area contributed by atoms with Crippen LogP contribution in [0.1, 0.15) is 25.3 Å². The minimum Gasteiger partial charge on any atom is -0.342 e. The van der Waals surface area contributed by atoms with E-state index in [1.54, 1.807) is 11.3 Å². The molecule has 0 aliphatic carbocycles. The predicted octanol–water partition coefficient (Wildman–Crippen LogP) is 1.88. The summed E-state index contributed by atoms with van der Waals surface area (Å²) in [6.45, 7) is 3.77. The van der Waals surface area contributed by atoms with Crippen molar-refractivity contribution >= 4 is 17.2 Å². The second-order valence-corrected chi connectivity index (χ2v) is 5.69. The van der Waals surface area contributed by atoms with Crippen LogP contribution < -0.4 is 5.73 Å². The molecule has 2 rings (SSSR count). The van der Waals surface area contributed by atoms with Gasteiger partial charge in [-0.1, -0.05) is 0 Å². The molecule has 1 aromatic rings. The van der Waals surface area contributed by atoms with Crippen molar-refractivity contribution in [2.45, 2.75) is 32.2 Å². The third-order valence-corrected chi connectivity index (χ3v) is 4.22. The second kappa shape index (κ2) is 5.65. The summed E-state index contributed by atoms with van der Waals surface area (Å²) < 4.78 is 0. The Labute approximate surface area is 107 Å². The number of likely N-dealkylation sites (tertiary alicyclic amines) is 1. The normalized spacial score (nSPS) is 22.5. The Bertz CT molecular complexity index is 362. The van der Waals surface area contributed by atoms with E-state index >= 15 is 0 Å². The molecule has 2 N–H and O–H groups in total. The van der Waals surface area contributed by atoms with Gasteiger partial charge in [0, 0.05) is 19.1 Å². The summed E-state index contributed by atoms with van der Waals surface area (Å²) in [5, 5.41) is 4.06. The highest BCUT2D eigenvalue weighted by molar-refractivity contribution is 7.07. The van der Waals surface area contributed by atoms with Crippen LogP contribution >= 0.6 is 11.3 Å². The Kier molecular flexibility index (Phi) is 4.18. The first kappa shape index (κ1) is 12.6. The molecular formula is C13H20N2OS. The molecule has 0 bridgehead atoms. The minimum absolute atomic E-state index is 0.187. The first-order valence-corrected chi connectivity index (χ1v) is 7.15. The van der Waals surface area contributed by atoms with Crippen molar-refractivity contribution in [3.8, 4) is 0 Å². The maximum absolute atomic E-state index is 12.1. The van der Waals surface area contributed by atoms with Crippen LogP contribution in [0.15, 0.2) is 16.8 Å². The molecule has 4 heteroatoms. The van der Waals surface area contributed by atoms with Gasteiger partial charge in [0.15, 0.2) is 0 Å². The molecule has 2 heterocycles. The van der Waals surface area contributed by atoms with Crippen LogP contribution in [0.25, 0.3) is 0 Å². The minimum atomic E-state index is 0.187. The van der Waals surface area contributed by atoms with Gasteiger partial charge >= 0.3 is 0 Å². The summed E-state index contributed by atoms with van der Waals surface area (Å²) in [6, 6.07) is 2.21. The van der Waals surface area contributed by atoms with E-state index in [9.17, 15) is 4.79 Å². The second-order valence-electron chi connectivity index (χ2n) is 4.91. The number of rotatable bonds is 3. The van der Waals surface area contributed by atoms with Gasteiger partial charge in [-0.25, -0.2) is 0 Å². The van der Waals surface area contributed by atoms with E-state index in [4.69, 9.17) is 5.73 Å². The van der Waals surface area contributed by atoms with Gasteiger partial charge in [-0.05, 0) is 48.1 Å². The Balaban J connectivity index is 1.91. The van der Waals surface area contributed by atoms with Gasteiger partial charge in [-0.3, -0.25) is 4.79 Å². The molecule has 1 aliphatic heterocycles. The molecule has 2 unspecified atom stereocenters. The highest BCUT2D eigenvalue weighted by Gasteiger charge is 2.25. The van der Waals surface area contributed by atoms with Crippen molar-refractivity contribution in [2.24, 2.45) is 11.7 Å². The van der Waals surface area contributed by atoms with E-state index in [2.05, 4.69) is 0 Å². The van der Waals surface area contributed by atoms with E-state index in [1.165, 1.54) is 0 Å². The zero-order valence-corrected chi connectivity index (χ0v) is 11.1. The molecule has 0 radical (unpaired) electrons. The third-order valence-electron chi connectivity index (χ3n) is 3.49. The van der Waals surface area contributed by atoms with Crippen LogP contribution in [0, 0.1) is 5.92 Å². The lowest BCUT2D eigenvalue weighted by atomic mass is 9.92. The van der Waals surface area contributed by atoms with E-state index in [-0.39, 0.29) is 11.9 Å². The molecule has 0 spiro atoms. The molecule has 1 fully saturated rings. The van der Waals surface area contributed by atoms with Crippen LogP contribution in [-0.2, 0) is 11.2 Å². The number of carbonyl (C=O) groups is 1. The lowest BCUT2D eigenvalue weighted by Crippen LogP contribution is -2.45. The van der Waals surface area contributed by atoms with Crippen LogP contribution in [0.3, 0.4) is 0 Å². The average Bonchev–Trinajstić information content (AvgIpc) is 2.82. The summed E-state index contributed by atoms with van der Waals surface area (Å²) in [7, 11) is 0. The third kappa shape index (κ3) is 3.30. The lowest BCUT2D eigenvalue weighted by Gasteiger charge is -2.34. The van der Waals surface area contributed by atoms with Gasteiger partial charge in [0.1, 0.15) is 0 Å². The first-order chi connectivity index (χ1) is 8.16. The summed E-state index contributed by atoms with van der Waals surface area (Å²) in [5.41, 5.74) is 7.06. The number of nitrogens with zero attached hydrogens (tertiary/aromatic N) is 1. The molecule has 3 nitrogen and oxygen atoms in total. The van der Waals surface area contributed by atoms with Gasteiger partial charge in [-0.15, -0.1) is 0 Å². The van der Waals surface area contributed by atoms with E-state index in [0.717, 1.165) is 31.5 Å². The molecular weight excluding hydrogens is 232 g/mol. The number of hydrogen-bond acceptors (Lipinski definition) is 3. The number of piperidine rings is 1. The summed E-state index contributed by atoms with van der Waals surface area (Å²) >= 11 is 1.64. The van der Waals surface area contributed by atoms with Crippen molar-refractivity contribution in [1.29, 1.82) is 0 Å². The maximum atomic E-state index is 12.1. The van der Waals surface area contributed by atoms with Gasteiger partial charge in [0.05, 0.1) is 6.42 Å². The average molecular weight is 252 g/mol. The molecule has 0 saturated carbocycles. The SMILES string of the molecule is CC(N)C1CCCN(C(=O)Cc2ccsc2)C1. The van der Waals surface area contributed by atoms with E-state index in [0.29, 0.717) is 12.3 Å². The summed E-state index contributed by atoms with van der Waals surface area (Å²) in [5.74, 6) is 0.712. The Hall–Kier alpha value is -0.870. The van der Waals surface area contributed by atoms with Crippen molar-refractivity contribution in [2.75, 3.05) is 13.1 Å². The number of carbonyl (C=O) groups excluding carboxylic acids is 1. The molecule has 94 valence electrons. The van der Waals surface area contributed by atoms with Gasteiger partial charge in [0.2, 0.25) is 5.91 Å². The number of amides is 1. The monoisotopic (exact) mass is 252 g/mol. The standard InChI is InChI=1S/C13H20N2OS/c1-10(14)12-3-2-5-15(8-12)13(16)7-11-4-6-17-9-11/h4,6,9-10,12H,2-3,5,7-8,14H2,1H3. The predicted molar refractivity (Wildman–Crippen MR) is 71.0 cm³/mol. The molecule has 17 heavy (non-hydrogen) atoms. The largest absolute Gasteiger partial charge is 0.342 e. The Morgan fingerprint density at radius 2 is 2.53 bits per heavy atom. The maximum Gasteiger partial charge on any atom is 0.227 e. The van der Waals surface area contributed by atoms with Gasteiger partial charge in [-0.2, -0.15) is 11.3 Å². The fourth-order valence-corrected chi connectivity index (χ4v) is 3.01. The smallest absolute Gasteiger partial charge is 0.227 e. The first-order valence-electron chi connectivity index (χ1n) is 6.21. The van der Waals surface area contributed by atoms with Gasteiger partial charge in [0.25, 0.3) is 0 Å². The summed E-state index contributed by atoms with van der Waals surface area (Å²) in [6.07, 6.45) is 2.77. The topological polar surface area (TPSA) is 46.3 Å². The van der Waals surface area contributed by atoms with Gasteiger partial charge < -0.3 is 10.6 Å². The lowest BCUT2D eigenvalue weighted by molar-refractivity contribution is -0.132. The van der Waals surface area contributed by atoms with Crippen molar-refractivity contribution in [1.82, 2.24) is 4.90 Å². The Morgan fingerprint density at radius 1 is 1.71 bits per heavy atom. The molecule has 0 aromatic carbocycles. The number of hydrogen-bond donors (Lipinski definition) is 1. The zero-order valence-electron chi connectivity index (χ0n) is 10.3. The fraction of sp³-hybridized carbons (Fsp3) is 0.615. The molecule has 1 aromatic heterocycles. The van der Waals surface area contributed by atoms with Crippen LogP contribution in [0.4, 0.5) is 0 Å². The van der Waals surface area contributed by atoms with Crippen LogP contribution in [0.5, 0.6) is 0 Å². The molecule has 1 saturated heterocycles. The quantitative estimate of drug-likeness (QED) is 0.892. The highest BCUT2D eigenvalue weighted by Crippen LogP contribution is 2.19. The van der Waals surface area contributed by atoms with Crippen molar-refractivity contribution < 1.29 is 4.79 Å². The van der Waals surface area contributed by atoms with Crippen LogP contribution in [0.2, 0.25) is 0 Å². The van der Waals surface area contributed by atoms with E-state index < -0.39 is 0 Å². The number of thiophene rings is 1. The van der Waals surface area contributed by atoms with Crippen LogP contribution in [-0.4, -0.2) is 29.9 Å². The number of nitrogens with two attached hydrogens (primary N) is 1. The highest BCUT2D eigenvalue weighted by atomic mass is 32.1. The van der Waals surface area contributed by atoms with E-state index in [1.807, 2.05) is 28.7 Å². The zero-order chi connectivity index (χ0) is 12.3. The molecule has 2 atom stereocenters. The fourth-order valence-electron chi connectivity index (χ4n) is 2.35. The molecule has 1 amide bonds. The Morgan fingerprint density at radius 3 is 3.18 bits per heavy atom. The van der Waals surface area contributed by atoms with Crippen molar-refractivity contribution in [3.05, 3.63) is 22.4 Å².